The van der Waals surface area contributed by atoms with Gasteiger partial charge in [-0.3, -0.25) is 9.69 Å². The van der Waals surface area contributed by atoms with Crippen LogP contribution in [0.3, 0.4) is 0 Å². The zero-order valence-electron chi connectivity index (χ0n) is 16.6. The highest BCUT2D eigenvalue weighted by Gasteiger charge is 2.34. The van der Waals surface area contributed by atoms with Crippen LogP contribution in [0.4, 0.5) is 10.1 Å². The normalized spacial score (nSPS) is 21.5. The van der Waals surface area contributed by atoms with Gasteiger partial charge in [-0.15, -0.1) is 0 Å². The minimum atomic E-state index is -3.45. The Hall–Kier alpha value is -1.26. The highest BCUT2D eigenvalue weighted by Crippen LogP contribution is 2.23. The Labute approximate surface area is 177 Å². The van der Waals surface area contributed by atoms with Crippen LogP contribution in [0.5, 0.6) is 0 Å². The molecule has 0 radical (unpaired) electrons. The first kappa shape index (κ1) is 22.4. The maximum atomic E-state index is 13.2. The van der Waals surface area contributed by atoms with Crippen molar-refractivity contribution in [3.63, 3.8) is 0 Å². The molecule has 2 fully saturated rings. The second-order valence-electron chi connectivity index (χ2n) is 7.55. The number of nitrogens with one attached hydrogen (secondary N) is 1. The van der Waals surface area contributed by atoms with Crippen molar-refractivity contribution in [2.24, 2.45) is 0 Å². The van der Waals surface area contributed by atoms with Crippen molar-refractivity contribution in [1.29, 1.82) is 0 Å². The van der Waals surface area contributed by atoms with E-state index in [1.807, 2.05) is 4.90 Å². The molecule has 1 unspecified atom stereocenters. The first-order chi connectivity index (χ1) is 13.8. The maximum Gasteiger partial charge on any atom is 0.282 e. The molecule has 0 aliphatic carbocycles. The second-order valence-corrected chi connectivity index (χ2v) is 9.88. The molecule has 1 N–H and O–H groups in total. The van der Waals surface area contributed by atoms with E-state index in [0.29, 0.717) is 45.0 Å². The summed E-state index contributed by atoms with van der Waals surface area (Å²) in [5.41, 5.74) is 0.354. The number of nitrogens with zero attached hydrogens (tertiary/aromatic N) is 3. The molecule has 0 saturated carbocycles. The van der Waals surface area contributed by atoms with Crippen molar-refractivity contribution < 1.29 is 17.6 Å². The van der Waals surface area contributed by atoms with E-state index >= 15 is 0 Å². The van der Waals surface area contributed by atoms with E-state index in [1.54, 1.807) is 11.2 Å². The number of benzene rings is 1. The van der Waals surface area contributed by atoms with Crippen LogP contribution in [-0.4, -0.2) is 73.1 Å². The topological polar surface area (TPSA) is 73.0 Å². The van der Waals surface area contributed by atoms with Crippen LogP contribution >= 0.6 is 11.6 Å². The number of hydrogen-bond acceptors (Lipinski definition) is 4. The fourth-order valence-electron chi connectivity index (χ4n) is 3.75. The van der Waals surface area contributed by atoms with Crippen LogP contribution in [0.25, 0.3) is 0 Å². The van der Waals surface area contributed by atoms with Crippen molar-refractivity contribution in [2.45, 2.75) is 38.6 Å². The van der Waals surface area contributed by atoms with Crippen LogP contribution in [0, 0.1) is 5.82 Å². The number of halogens is 2. The quantitative estimate of drug-likeness (QED) is 0.754. The van der Waals surface area contributed by atoms with Crippen LogP contribution < -0.4 is 5.32 Å². The first-order valence-electron chi connectivity index (χ1n) is 10.0. The minimum absolute atomic E-state index is 0.138. The maximum absolute atomic E-state index is 13.2. The molecule has 2 aliphatic heterocycles. The summed E-state index contributed by atoms with van der Waals surface area (Å²) in [5.74, 6) is -0.731. The Bertz CT molecular complexity index is 823. The van der Waals surface area contributed by atoms with Crippen LogP contribution in [0.2, 0.25) is 5.02 Å². The van der Waals surface area contributed by atoms with Gasteiger partial charge >= 0.3 is 0 Å². The molecule has 29 heavy (non-hydrogen) atoms. The monoisotopic (exact) mass is 446 g/mol. The SMILES string of the molecule is CC(C(=O)Nc1ccc(F)cc1Cl)N1CCN(S(=O)(=O)N2CCCCCC2)CC1. The highest BCUT2D eigenvalue weighted by molar-refractivity contribution is 7.86. The zero-order valence-corrected chi connectivity index (χ0v) is 18.2. The molecular weight excluding hydrogens is 419 g/mol. The number of carbonyl (C=O) groups excluding carboxylic acids is 1. The number of piperazine rings is 1. The molecule has 2 aliphatic rings. The van der Waals surface area contributed by atoms with E-state index in [-0.39, 0.29) is 10.9 Å². The zero-order chi connectivity index (χ0) is 21.0. The summed E-state index contributed by atoms with van der Waals surface area (Å²) in [5, 5.41) is 2.85. The average Bonchev–Trinajstić information content (AvgIpc) is 3.00. The number of rotatable bonds is 5. The summed E-state index contributed by atoms with van der Waals surface area (Å²) in [7, 11) is -3.45. The van der Waals surface area contributed by atoms with E-state index in [4.69, 9.17) is 11.6 Å². The Morgan fingerprint density at radius 1 is 1.03 bits per heavy atom. The van der Waals surface area contributed by atoms with E-state index < -0.39 is 22.1 Å². The fourth-order valence-corrected chi connectivity index (χ4v) is 5.64. The summed E-state index contributed by atoms with van der Waals surface area (Å²) < 4.78 is 42.1. The van der Waals surface area contributed by atoms with Crippen molar-refractivity contribution in [2.75, 3.05) is 44.6 Å². The Kier molecular flexibility index (Phi) is 7.50. The number of amides is 1. The molecule has 0 spiro atoms. The highest BCUT2D eigenvalue weighted by atomic mass is 35.5. The predicted molar refractivity (Wildman–Crippen MR) is 112 cm³/mol. The Balaban J connectivity index is 1.55. The van der Waals surface area contributed by atoms with Gasteiger partial charge in [0.05, 0.1) is 16.8 Å². The van der Waals surface area contributed by atoms with Gasteiger partial charge in [-0.1, -0.05) is 24.4 Å². The van der Waals surface area contributed by atoms with Gasteiger partial charge in [-0.2, -0.15) is 17.0 Å². The Morgan fingerprint density at radius 2 is 1.62 bits per heavy atom. The van der Waals surface area contributed by atoms with Gasteiger partial charge in [0.2, 0.25) is 5.91 Å². The van der Waals surface area contributed by atoms with Crippen LogP contribution in [-0.2, 0) is 15.0 Å². The van der Waals surface area contributed by atoms with Gasteiger partial charge in [-0.25, -0.2) is 4.39 Å². The van der Waals surface area contributed by atoms with Gasteiger partial charge in [-0.05, 0) is 38.0 Å². The molecule has 0 aromatic heterocycles. The fraction of sp³-hybridized carbons (Fsp3) is 0.632. The molecule has 2 saturated heterocycles. The van der Waals surface area contributed by atoms with Crippen LogP contribution in [0.15, 0.2) is 18.2 Å². The number of hydrogen-bond donors (Lipinski definition) is 1. The van der Waals surface area contributed by atoms with Gasteiger partial charge < -0.3 is 5.32 Å². The van der Waals surface area contributed by atoms with Gasteiger partial charge in [0.25, 0.3) is 10.2 Å². The van der Waals surface area contributed by atoms with E-state index in [0.717, 1.165) is 31.7 Å². The minimum Gasteiger partial charge on any atom is -0.323 e. The lowest BCUT2D eigenvalue weighted by Gasteiger charge is -2.38. The molecule has 0 bridgehead atoms. The summed E-state index contributed by atoms with van der Waals surface area (Å²) in [6, 6.07) is 3.35. The van der Waals surface area contributed by atoms with E-state index in [9.17, 15) is 17.6 Å². The Morgan fingerprint density at radius 3 is 2.21 bits per heavy atom. The number of carbonyl (C=O) groups is 1. The molecule has 1 aromatic rings. The third-order valence-corrected chi connectivity index (χ3v) is 7.96. The summed E-state index contributed by atoms with van der Waals surface area (Å²) in [4.78, 5) is 14.5. The van der Waals surface area contributed by atoms with Crippen LogP contribution in [0.1, 0.15) is 32.6 Å². The lowest BCUT2D eigenvalue weighted by Crippen LogP contribution is -2.56. The molecule has 3 rings (SSSR count). The third kappa shape index (κ3) is 5.46. The summed E-state index contributed by atoms with van der Waals surface area (Å²) in [6.07, 6.45) is 3.96. The van der Waals surface area contributed by atoms with Crippen molar-refractivity contribution in [1.82, 2.24) is 13.5 Å². The average molecular weight is 447 g/mol. The second kappa shape index (κ2) is 9.70. The molecule has 10 heteroatoms. The molecule has 1 atom stereocenters. The molecular formula is C19H28ClFN4O3S. The molecule has 7 nitrogen and oxygen atoms in total. The predicted octanol–water partition coefficient (Wildman–Crippen LogP) is 2.54. The lowest BCUT2D eigenvalue weighted by atomic mass is 10.2. The number of anilines is 1. The molecule has 162 valence electrons. The standard InChI is InChI=1S/C19H28ClFN4O3S/c1-15(19(26)22-18-7-6-16(21)14-17(18)20)23-10-12-25(13-11-23)29(27,28)24-8-4-2-3-5-9-24/h6-7,14-15H,2-5,8-13H2,1H3,(H,22,26). The third-order valence-electron chi connectivity index (χ3n) is 5.61. The molecule has 1 aromatic carbocycles. The van der Waals surface area contributed by atoms with Gasteiger partial charge in [0, 0.05) is 39.3 Å². The van der Waals surface area contributed by atoms with Crippen molar-refractivity contribution in [3.8, 4) is 0 Å². The smallest absolute Gasteiger partial charge is 0.282 e. The van der Waals surface area contributed by atoms with Gasteiger partial charge in [0.15, 0.2) is 0 Å². The van der Waals surface area contributed by atoms with Crippen molar-refractivity contribution >= 4 is 33.4 Å². The summed E-state index contributed by atoms with van der Waals surface area (Å²) >= 11 is 5.97. The lowest BCUT2D eigenvalue weighted by molar-refractivity contribution is -0.121. The van der Waals surface area contributed by atoms with E-state index in [2.05, 4.69) is 5.32 Å². The largest absolute Gasteiger partial charge is 0.323 e. The van der Waals surface area contributed by atoms with E-state index in [1.165, 1.54) is 16.4 Å². The first-order valence-corrected chi connectivity index (χ1v) is 11.8. The van der Waals surface area contributed by atoms with Gasteiger partial charge in [0.1, 0.15) is 5.82 Å². The van der Waals surface area contributed by atoms with Crippen molar-refractivity contribution in [3.05, 3.63) is 29.0 Å². The molecule has 2 heterocycles. The molecule has 1 amide bonds. The summed E-state index contributed by atoms with van der Waals surface area (Å²) in [6.45, 7) is 4.59.